The molecular formula is C11H16F4N2O2. The van der Waals surface area contributed by atoms with Crippen LogP contribution in [0.1, 0.15) is 12.1 Å². The third-order valence-electron chi connectivity index (χ3n) is 2.58. The fourth-order valence-electron chi connectivity index (χ4n) is 1.44. The van der Waals surface area contributed by atoms with E-state index in [4.69, 9.17) is 0 Å². The van der Waals surface area contributed by atoms with E-state index in [0.717, 1.165) is 5.69 Å². The molecule has 0 aromatic carbocycles. The van der Waals surface area contributed by atoms with Crippen molar-refractivity contribution < 1.29 is 27.4 Å². The molecule has 1 heterocycles. The van der Waals surface area contributed by atoms with Gasteiger partial charge in [-0.1, -0.05) is 0 Å². The minimum absolute atomic E-state index is 0.278. The van der Waals surface area contributed by atoms with Crippen molar-refractivity contribution in [1.82, 2.24) is 9.78 Å². The number of alkyl halides is 4. The van der Waals surface area contributed by atoms with Gasteiger partial charge in [0.25, 0.3) is 0 Å². The van der Waals surface area contributed by atoms with Crippen molar-refractivity contribution in [3.63, 3.8) is 0 Å². The highest BCUT2D eigenvalue weighted by molar-refractivity contribution is 5.00. The van der Waals surface area contributed by atoms with Crippen molar-refractivity contribution in [2.75, 3.05) is 13.2 Å². The molecule has 110 valence electrons. The fraction of sp³-hybridized carbons (Fsp3) is 0.727. The molecule has 0 saturated heterocycles. The minimum Gasteiger partial charge on any atom is -0.391 e. The first-order chi connectivity index (χ1) is 8.83. The van der Waals surface area contributed by atoms with Crippen LogP contribution in [-0.4, -0.2) is 46.6 Å². The Hall–Kier alpha value is -1.15. The van der Waals surface area contributed by atoms with E-state index in [-0.39, 0.29) is 6.42 Å². The molecule has 4 nitrogen and oxygen atoms in total. The van der Waals surface area contributed by atoms with E-state index in [2.05, 4.69) is 9.84 Å². The van der Waals surface area contributed by atoms with E-state index in [1.807, 2.05) is 0 Å². The Labute approximate surface area is 108 Å². The van der Waals surface area contributed by atoms with Gasteiger partial charge >= 0.3 is 12.3 Å². The molecule has 1 unspecified atom stereocenters. The van der Waals surface area contributed by atoms with Crippen LogP contribution in [0.2, 0.25) is 0 Å². The van der Waals surface area contributed by atoms with Gasteiger partial charge in [-0.3, -0.25) is 4.68 Å². The molecule has 0 bridgehead atoms. The molecule has 0 aliphatic carbocycles. The van der Waals surface area contributed by atoms with Gasteiger partial charge in [-0.2, -0.15) is 13.9 Å². The zero-order valence-electron chi connectivity index (χ0n) is 10.4. The molecule has 1 aromatic rings. The maximum Gasteiger partial charge on any atom is 0.330 e. The summed E-state index contributed by atoms with van der Waals surface area (Å²) in [5.41, 5.74) is 0.872. The Morgan fingerprint density at radius 2 is 2.16 bits per heavy atom. The lowest BCUT2D eigenvalue weighted by Crippen LogP contribution is -2.33. The third-order valence-corrected chi connectivity index (χ3v) is 2.58. The quantitative estimate of drug-likeness (QED) is 0.738. The van der Waals surface area contributed by atoms with Crippen LogP contribution >= 0.6 is 0 Å². The summed E-state index contributed by atoms with van der Waals surface area (Å²) < 4.78 is 54.7. The van der Waals surface area contributed by atoms with Crippen LogP contribution in [0.4, 0.5) is 17.6 Å². The monoisotopic (exact) mass is 284 g/mol. The van der Waals surface area contributed by atoms with E-state index in [1.165, 1.54) is 0 Å². The van der Waals surface area contributed by atoms with E-state index >= 15 is 0 Å². The lowest BCUT2D eigenvalue weighted by molar-refractivity contribution is -0.170. The second-order valence-electron chi connectivity index (χ2n) is 4.22. The van der Waals surface area contributed by atoms with Gasteiger partial charge in [-0.25, -0.2) is 8.78 Å². The average Bonchev–Trinajstić information content (AvgIpc) is 2.72. The zero-order chi connectivity index (χ0) is 14.5. The number of hydrogen-bond donors (Lipinski definition) is 1. The SMILES string of the molecule is Cn1nccc1CCC(O)COCC(F)(F)C(F)F. The largest absolute Gasteiger partial charge is 0.391 e. The maximum absolute atomic E-state index is 12.5. The molecule has 0 radical (unpaired) electrons. The molecule has 1 N–H and O–H groups in total. The number of rotatable bonds is 8. The van der Waals surface area contributed by atoms with Gasteiger partial charge < -0.3 is 9.84 Å². The van der Waals surface area contributed by atoms with Crippen LogP contribution in [0.3, 0.4) is 0 Å². The summed E-state index contributed by atoms with van der Waals surface area (Å²) >= 11 is 0. The first-order valence-electron chi connectivity index (χ1n) is 5.71. The smallest absolute Gasteiger partial charge is 0.330 e. The Morgan fingerprint density at radius 3 is 2.68 bits per heavy atom. The van der Waals surface area contributed by atoms with Gasteiger partial charge in [0.1, 0.15) is 6.61 Å². The highest BCUT2D eigenvalue weighted by Gasteiger charge is 2.41. The summed E-state index contributed by atoms with van der Waals surface area (Å²) in [7, 11) is 1.74. The summed E-state index contributed by atoms with van der Waals surface area (Å²) in [6, 6.07) is 1.76. The molecule has 19 heavy (non-hydrogen) atoms. The van der Waals surface area contributed by atoms with Gasteiger partial charge in [0.15, 0.2) is 0 Å². The molecule has 1 atom stereocenters. The summed E-state index contributed by atoms with van der Waals surface area (Å²) in [6.45, 7) is -1.80. The topological polar surface area (TPSA) is 47.3 Å². The lowest BCUT2D eigenvalue weighted by atomic mass is 10.1. The van der Waals surface area contributed by atoms with Crippen LogP contribution in [0.25, 0.3) is 0 Å². The number of aryl methyl sites for hydroxylation is 2. The molecule has 1 rings (SSSR count). The van der Waals surface area contributed by atoms with E-state index in [0.29, 0.717) is 6.42 Å². The predicted molar refractivity (Wildman–Crippen MR) is 59.3 cm³/mol. The summed E-state index contributed by atoms with van der Waals surface area (Å²) in [6.07, 6.45) is -2.38. The number of aliphatic hydroxyl groups is 1. The Kier molecular flexibility index (Phi) is 5.74. The predicted octanol–water partition coefficient (Wildman–Crippen LogP) is 1.63. The Balaban J connectivity index is 2.22. The second kappa shape index (κ2) is 6.85. The normalized spacial score (nSPS) is 14.1. The van der Waals surface area contributed by atoms with Gasteiger partial charge in [0, 0.05) is 18.9 Å². The molecule has 0 saturated carbocycles. The van der Waals surface area contributed by atoms with E-state index < -0.39 is 31.7 Å². The van der Waals surface area contributed by atoms with Gasteiger partial charge in [0.2, 0.25) is 0 Å². The molecular weight excluding hydrogens is 268 g/mol. The standard InChI is InChI=1S/C11H16F4N2O2/c1-17-8(4-5-16-17)2-3-9(18)6-19-7-11(14,15)10(12)13/h4-5,9-10,18H,2-3,6-7H2,1H3. The Bertz CT molecular complexity index is 385. The molecule has 0 fully saturated rings. The highest BCUT2D eigenvalue weighted by atomic mass is 19.3. The lowest BCUT2D eigenvalue weighted by Gasteiger charge is -2.17. The van der Waals surface area contributed by atoms with Crippen LogP contribution < -0.4 is 0 Å². The first kappa shape index (κ1) is 15.9. The molecule has 0 aliphatic rings. The molecule has 0 amide bonds. The van der Waals surface area contributed by atoms with Crippen molar-refractivity contribution in [2.24, 2.45) is 7.05 Å². The molecule has 0 spiro atoms. The first-order valence-corrected chi connectivity index (χ1v) is 5.71. The zero-order valence-corrected chi connectivity index (χ0v) is 10.4. The maximum atomic E-state index is 12.5. The van der Waals surface area contributed by atoms with Crippen LogP contribution in [0, 0.1) is 0 Å². The van der Waals surface area contributed by atoms with E-state index in [9.17, 15) is 22.7 Å². The number of halogens is 4. The summed E-state index contributed by atoms with van der Waals surface area (Å²) in [4.78, 5) is 0. The van der Waals surface area contributed by atoms with Crippen LogP contribution in [0.15, 0.2) is 12.3 Å². The Morgan fingerprint density at radius 1 is 1.47 bits per heavy atom. The van der Waals surface area contributed by atoms with Gasteiger partial charge in [-0.15, -0.1) is 0 Å². The molecule has 0 aliphatic heterocycles. The summed E-state index contributed by atoms with van der Waals surface area (Å²) in [5, 5.41) is 13.4. The van der Waals surface area contributed by atoms with Crippen molar-refractivity contribution >= 4 is 0 Å². The van der Waals surface area contributed by atoms with Crippen molar-refractivity contribution in [3.05, 3.63) is 18.0 Å². The number of aromatic nitrogens is 2. The number of ether oxygens (including phenoxy) is 1. The second-order valence-corrected chi connectivity index (χ2v) is 4.22. The van der Waals surface area contributed by atoms with Crippen molar-refractivity contribution in [2.45, 2.75) is 31.3 Å². The number of aliphatic hydroxyl groups excluding tert-OH is 1. The molecule has 8 heteroatoms. The van der Waals surface area contributed by atoms with Crippen molar-refractivity contribution in [1.29, 1.82) is 0 Å². The third kappa shape index (κ3) is 5.15. The number of nitrogens with zero attached hydrogens (tertiary/aromatic N) is 2. The van der Waals surface area contributed by atoms with Gasteiger partial charge in [0.05, 0.1) is 12.7 Å². The van der Waals surface area contributed by atoms with E-state index in [1.54, 1.807) is 24.0 Å². The fourth-order valence-corrected chi connectivity index (χ4v) is 1.44. The minimum atomic E-state index is -4.18. The van der Waals surface area contributed by atoms with Crippen LogP contribution in [-0.2, 0) is 18.2 Å². The highest BCUT2D eigenvalue weighted by Crippen LogP contribution is 2.22. The summed E-state index contributed by atoms with van der Waals surface area (Å²) in [5.74, 6) is -4.18. The number of hydrogen-bond acceptors (Lipinski definition) is 3. The van der Waals surface area contributed by atoms with Crippen LogP contribution in [0.5, 0.6) is 0 Å². The average molecular weight is 284 g/mol. The van der Waals surface area contributed by atoms with Gasteiger partial charge in [-0.05, 0) is 18.9 Å². The van der Waals surface area contributed by atoms with Crippen molar-refractivity contribution in [3.8, 4) is 0 Å². The molecule has 1 aromatic heterocycles.